The molecule has 0 aliphatic rings. The number of rotatable bonds is 6. The quantitative estimate of drug-likeness (QED) is 0.169. The molecule has 0 bridgehead atoms. The molecule has 4 nitrogen and oxygen atoms in total. The first-order valence-corrected chi connectivity index (χ1v) is 20.7. The Bertz CT molecular complexity index is 3620. The van der Waals surface area contributed by atoms with E-state index in [0.717, 1.165) is 44.4 Å². The van der Waals surface area contributed by atoms with E-state index in [0.29, 0.717) is 17.5 Å². The number of fused-ring (bicyclic) bond motifs is 7. The predicted octanol–water partition coefficient (Wildman–Crippen LogP) is 14.8. The third-order valence-corrected chi connectivity index (χ3v) is 12.0. The highest BCUT2D eigenvalue weighted by atomic mass is 15.0. The van der Waals surface area contributed by atoms with E-state index in [1.165, 1.54) is 54.4 Å². The van der Waals surface area contributed by atoms with Crippen molar-refractivity contribution < 1.29 is 0 Å². The van der Waals surface area contributed by atoms with Crippen molar-refractivity contribution in [1.82, 2.24) is 19.5 Å². The summed E-state index contributed by atoms with van der Waals surface area (Å²) in [6.07, 6.45) is 0. The van der Waals surface area contributed by atoms with Crippen LogP contribution in [0.25, 0.3) is 116 Å². The molecule has 0 saturated heterocycles. The Morgan fingerprint density at radius 2 is 0.721 bits per heavy atom. The maximum atomic E-state index is 5.14. The van der Waals surface area contributed by atoms with E-state index in [1.54, 1.807) is 0 Å². The van der Waals surface area contributed by atoms with Crippen molar-refractivity contribution in [2.24, 2.45) is 0 Å². The maximum absolute atomic E-state index is 5.14. The van der Waals surface area contributed by atoms with Gasteiger partial charge in [-0.25, -0.2) is 15.0 Å². The van der Waals surface area contributed by atoms with Crippen LogP contribution in [0.5, 0.6) is 0 Å². The fourth-order valence-corrected chi connectivity index (χ4v) is 8.91. The van der Waals surface area contributed by atoms with Crippen molar-refractivity contribution in [3.05, 3.63) is 218 Å². The van der Waals surface area contributed by atoms with Gasteiger partial charge in [0.15, 0.2) is 17.5 Å². The lowest BCUT2D eigenvalue weighted by molar-refractivity contribution is 1.07. The predicted molar refractivity (Wildman–Crippen MR) is 254 cm³/mol. The summed E-state index contributed by atoms with van der Waals surface area (Å²) in [6.45, 7) is 0. The normalized spacial score (nSPS) is 11.6. The third-order valence-electron chi connectivity index (χ3n) is 12.0. The molecule has 2 aromatic heterocycles. The van der Waals surface area contributed by atoms with Crippen LogP contribution in [0.15, 0.2) is 218 Å². The lowest BCUT2D eigenvalue weighted by Crippen LogP contribution is -2.01. The molecule has 0 spiro atoms. The molecule has 0 amide bonds. The van der Waals surface area contributed by atoms with Crippen LogP contribution in [0.3, 0.4) is 0 Å². The van der Waals surface area contributed by atoms with Crippen LogP contribution in [0, 0.1) is 0 Å². The van der Waals surface area contributed by atoms with Gasteiger partial charge in [-0.2, -0.15) is 0 Å². The molecule has 12 rings (SSSR count). The second-order valence-corrected chi connectivity index (χ2v) is 15.7. The molecular weight excluding hydrogens is 741 g/mol. The van der Waals surface area contributed by atoms with Crippen LogP contribution in [0.2, 0.25) is 0 Å². The first-order valence-electron chi connectivity index (χ1n) is 20.7. The van der Waals surface area contributed by atoms with Gasteiger partial charge < -0.3 is 4.57 Å². The Morgan fingerprint density at radius 1 is 0.262 bits per heavy atom. The minimum atomic E-state index is 0.624. The number of hydrogen-bond donors (Lipinski definition) is 0. The molecule has 0 atom stereocenters. The summed E-state index contributed by atoms with van der Waals surface area (Å²) in [6, 6.07) is 77.8. The van der Waals surface area contributed by atoms with Crippen LogP contribution in [0.4, 0.5) is 0 Å². The molecule has 2 heterocycles. The van der Waals surface area contributed by atoms with Gasteiger partial charge in [0.05, 0.1) is 11.0 Å². The van der Waals surface area contributed by atoms with E-state index < -0.39 is 0 Å². The zero-order chi connectivity index (χ0) is 40.3. The van der Waals surface area contributed by atoms with Gasteiger partial charge in [-0.05, 0) is 103 Å². The summed E-state index contributed by atoms with van der Waals surface area (Å²) >= 11 is 0. The zero-order valence-electron chi connectivity index (χ0n) is 33.1. The summed E-state index contributed by atoms with van der Waals surface area (Å²) in [4.78, 5) is 15.3. The van der Waals surface area contributed by atoms with Crippen molar-refractivity contribution in [3.63, 3.8) is 0 Å². The minimum Gasteiger partial charge on any atom is -0.309 e. The Hall–Kier alpha value is -8.21. The summed E-state index contributed by atoms with van der Waals surface area (Å²) < 4.78 is 2.40. The van der Waals surface area contributed by atoms with Gasteiger partial charge in [-0.15, -0.1) is 0 Å². The Labute approximate surface area is 352 Å². The lowest BCUT2D eigenvalue weighted by Gasteiger charge is -2.12. The average Bonchev–Trinajstić information content (AvgIpc) is 3.68. The molecule has 4 heteroatoms. The first kappa shape index (κ1) is 34.8. The van der Waals surface area contributed by atoms with E-state index in [1.807, 2.05) is 6.07 Å². The van der Waals surface area contributed by atoms with Gasteiger partial charge >= 0.3 is 0 Å². The SMILES string of the molecule is c1ccc(-c2ccc(-c3nc(-c4ccc(-n5c6cc(-c7ccc8ccccc8c7)ccc6c6c7ccccc7ccc65)cc4)nc(-c4ccc5ccccc5c4)n3)cc2)cc1. The van der Waals surface area contributed by atoms with Crippen LogP contribution >= 0.6 is 0 Å². The van der Waals surface area contributed by atoms with Crippen molar-refractivity contribution in [3.8, 4) is 62.1 Å². The van der Waals surface area contributed by atoms with Crippen LogP contribution < -0.4 is 0 Å². The lowest BCUT2D eigenvalue weighted by atomic mass is 9.99. The number of hydrogen-bond acceptors (Lipinski definition) is 3. The number of nitrogens with zero attached hydrogens (tertiary/aromatic N) is 4. The molecule has 0 aliphatic heterocycles. The molecule has 0 saturated carbocycles. The second kappa shape index (κ2) is 14.3. The van der Waals surface area contributed by atoms with E-state index in [-0.39, 0.29) is 0 Å². The van der Waals surface area contributed by atoms with Crippen molar-refractivity contribution in [2.45, 2.75) is 0 Å². The van der Waals surface area contributed by atoms with Crippen LogP contribution in [-0.4, -0.2) is 19.5 Å². The Morgan fingerprint density at radius 3 is 1.41 bits per heavy atom. The van der Waals surface area contributed by atoms with Gasteiger partial charge in [0, 0.05) is 33.2 Å². The van der Waals surface area contributed by atoms with E-state index in [2.05, 4.69) is 217 Å². The Balaban J connectivity index is 1.00. The summed E-state index contributed by atoms with van der Waals surface area (Å²) in [7, 11) is 0. The van der Waals surface area contributed by atoms with E-state index in [4.69, 9.17) is 15.0 Å². The van der Waals surface area contributed by atoms with Gasteiger partial charge in [0.1, 0.15) is 0 Å². The summed E-state index contributed by atoms with van der Waals surface area (Å²) in [5.41, 5.74) is 10.9. The van der Waals surface area contributed by atoms with E-state index in [9.17, 15) is 0 Å². The maximum Gasteiger partial charge on any atom is 0.164 e. The van der Waals surface area contributed by atoms with Gasteiger partial charge in [-0.1, -0.05) is 170 Å². The summed E-state index contributed by atoms with van der Waals surface area (Å²) in [5.74, 6) is 1.89. The minimum absolute atomic E-state index is 0.624. The highest BCUT2D eigenvalue weighted by molar-refractivity contribution is 6.21. The molecule has 0 N–H and O–H groups in total. The van der Waals surface area contributed by atoms with Crippen LogP contribution in [0.1, 0.15) is 0 Å². The second-order valence-electron chi connectivity index (χ2n) is 15.7. The highest BCUT2D eigenvalue weighted by Crippen LogP contribution is 2.39. The van der Waals surface area contributed by atoms with Gasteiger partial charge in [0.2, 0.25) is 0 Å². The third kappa shape index (κ3) is 6.12. The highest BCUT2D eigenvalue weighted by Gasteiger charge is 2.18. The fourth-order valence-electron chi connectivity index (χ4n) is 8.91. The largest absolute Gasteiger partial charge is 0.309 e. The van der Waals surface area contributed by atoms with Crippen molar-refractivity contribution >= 4 is 54.1 Å². The van der Waals surface area contributed by atoms with Crippen molar-refractivity contribution in [1.29, 1.82) is 0 Å². The molecule has 61 heavy (non-hydrogen) atoms. The van der Waals surface area contributed by atoms with E-state index >= 15 is 0 Å². The number of benzene rings is 10. The average molecular weight is 777 g/mol. The Kier molecular flexibility index (Phi) is 8.13. The summed E-state index contributed by atoms with van der Waals surface area (Å²) in [5, 5.41) is 9.74. The smallest absolute Gasteiger partial charge is 0.164 e. The standard InChI is InChI=1S/C57H36N4/c1-2-10-37(11-3-1)40-18-22-42(23-19-40)55-58-56(60-57(59-55)48-25-21-39-13-5-7-16-45(39)35-48)43-26-30-49(31-27-43)61-52-33-29-41-14-8-9-17-50(41)54(52)51-32-28-47(36-53(51)61)46-24-20-38-12-4-6-15-44(38)34-46/h1-36H. The molecule has 10 aromatic carbocycles. The molecular formula is C57H36N4. The fraction of sp³-hybridized carbons (Fsp3) is 0. The van der Waals surface area contributed by atoms with Crippen molar-refractivity contribution in [2.75, 3.05) is 0 Å². The molecule has 0 aliphatic carbocycles. The first-order chi connectivity index (χ1) is 30.2. The molecule has 284 valence electrons. The van der Waals surface area contributed by atoms with Crippen LogP contribution in [-0.2, 0) is 0 Å². The topological polar surface area (TPSA) is 43.6 Å². The number of aromatic nitrogens is 4. The van der Waals surface area contributed by atoms with Gasteiger partial charge in [-0.3, -0.25) is 0 Å². The molecule has 0 radical (unpaired) electrons. The van der Waals surface area contributed by atoms with Gasteiger partial charge in [0.25, 0.3) is 0 Å². The molecule has 0 unspecified atom stereocenters. The monoisotopic (exact) mass is 776 g/mol. The molecule has 0 fully saturated rings. The molecule has 12 aromatic rings. The zero-order valence-corrected chi connectivity index (χ0v) is 33.1.